The average Bonchev–Trinajstić information content (AvgIpc) is 3.24. The van der Waals surface area contributed by atoms with Gasteiger partial charge in [-0.1, -0.05) is 61.5 Å². The van der Waals surface area contributed by atoms with Crippen LogP contribution in [0.25, 0.3) is 32.5 Å². The van der Waals surface area contributed by atoms with Crippen LogP contribution < -0.4 is 4.90 Å². The monoisotopic (exact) mass is 400 g/mol. The van der Waals surface area contributed by atoms with E-state index < -0.39 is 0 Å². The minimum atomic E-state index is 1.02. The molecule has 1 fully saturated rings. The Morgan fingerprint density at radius 3 is 2.24 bits per heavy atom. The highest BCUT2D eigenvalue weighted by molar-refractivity contribution is 7.17. The van der Waals surface area contributed by atoms with Gasteiger partial charge in [0.25, 0.3) is 0 Å². The fraction of sp³-hybridized carbons (Fsp3) is 0.250. The summed E-state index contributed by atoms with van der Waals surface area (Å²) in [5.41, 5.74) is 4.94. The van der Waals surface area contributed by atoms with E-state index in [-0.39, 0.29) is 0 Å². The van der Waals surface area contributed by atoms with Gasteiger partial charge in [0.2, 0.25) is 0 Å². The zero-order valence-corrected chi connectivity index (χ0v) is 17.4. The fourth-order valence-corrected chi connectivity index (χ4v) is 4.97. The lowest BCUT2D eigenvalue weighted by molar-refractivity contribution is 0.271. The molecule has 1 aliphatic heterocycles. The molecule has 0 N–H and O–H groups in total. The summed E-state index contributed by atoms with van der Waals surface area (Å²) in [5, 5.41) is 3.41. The molecule has 0 atom stereocenters. The molecule has 0 saturated carbocycles. The van der Waals surface area contributed by atoms with Gasteiger partial charge in [0.1, 0.15) is 17.0 Å². The molecule has 146 valence electrons. The first-order valence-electron chi connectivity index (χ1n) is 10.2. The van der Waals surface area contributed by atoms with Gasteiger partial charge >= 0.3 is 0 Å². The highest BCUT2D eigenvalue weighted by Gasteiger charge is 2.21. The molecular formula is C24H24N4S. The summed E-state index contributed by atoms with van der Waals surface area (Å²) >= 11 is 1.70. The van der Waals surface area contributed by atoms with Crippen molar-refractivity contribution < 1.29 is 0 Å². The van der Waals surface area contributed by atoms with Gasteiger partial charge in [0.15, 0.2) is 0 Å². The predicted octanol–water partition coefficient (Wildman–Crippen LogP) is 5.17. The van der Waals surface area contributed by atoms with Crippen LogP contribution in [0.15, 0.2) is 66.3 Å². The second kappa shape index (κ2) is 7.93. The molecule has 0 spiro atoms. The maximum absolute atomic E-state index is 4.71. The molecule has 0 unspecified atom stereocenters. The molecule has 29 heavy (non-hydrogen) atoms. The predicted molar refractivity (Wildman–Crippen MR) is 123 cm³/mol. The molecule has 0 bridgehead atoms. The van der Waals surface area contributed by atoms with Crippen LogP contribution in [0, 0.1) is 0 Å². The number of hydrogen-bond donors (Lipinski definition) is 0. The summed E-state index contributed by atoms with van der Waals surface area (Å²) in [6, 6.07) is 19.4. The molecule has 5 heteroatoms. The summed E-state index contributed by atoms with van der Waals surface area (Å²) in [6.45, 7) is 7.56. The lowest BCUT2D eigenvalue weighted by Crippen LogP contribution is -2.46. The van der Waals surface area contributed by atoms with Crippen LogP contribution in [0.4, 0.5) is 5.82 Å². The Morgan fingerprint density at radius 1 is 0.828 bits per heavy atom. The maximum Gasteiger partial charge on any atom is 0.141 e. The molecule has 1 aliphatic rings. The molecule has 0 radical (unpaired) electrons. The molecule has 1 saturated heterocycles. The maximum atomic E-state index is 4.71. The summed E-state index contributed by atoms with van der Waals surface area (Å²) in [5.74, 6) is 1.08. The molecule has 2 aromatic heterocycles. The van der Waals surface area contributed by atoms with Gasteiger partial charge < -0.3 is 9.80 Å². The van der Waals surface area contributed by atoms with E-state index in [0.717, 1.165) is 43.4 Å². The van der Waals surface area contributed by atoms with Crippen LogP contribution in [0.1, 0.15) is 6.92 Å². The van der Waals surface area contributed by atoms with Crippen LogP contribution >= 0.6 is 11.3 Å². The molecule has 5 rings (SSSR count). The Labute approximate surface area is 175 Å². The number of nitrogens with zero attached hydrogens (tertiary/aromatic N) is 4. The molecule has 4 nitrogen and oxygen atoms in total. The SMILES string of the molecule is CCN1CCN(c2ncnc3scc(-c4ccc(-c5ccccc5)cc4)c23)CC1. The Hall–Kier alpha value is -2.76. The van der Waals surface area contributed by atoms with Gasteiger partial charge in [-0.05, 0) is 23.2 Å². The number of piperazine rings is 1. The lowest BCUT2D eigenvalue weighted by Gasteiger charge is -2.35. The van der Waals surface area contributed by atoms with Crippen molar-refractivity contribution in [3.05, 3.63) is 66.3 Å². The Balaban J connectivity index is 1.51. The van der Waals surface area contributed by atoms with Crippen molar-refractivity contribution in [1.82, 2.24) is 14.9 Å². The van der Waals surface area contributed by atoms with Gasteiger partial charge in [-0.15, -0.1) is 11.3 Å². The standard InChI is InChI=1S/C24H24N4S/c1-2-27-12-14-28(15-13-27)23-22-21(16-29-24(22)26-17-25-23)20-10-8-19(9-11-20)18-6-4-3-5-7-18/h3-11,16-17H,2,12-15H2,1H3. The summed E-state index contributed by atoms with van der Waals surface area (Å²) in [4.78, 5) is 15.2. The summed E-state index contributed by atoms with van der Waals surface area (Å²) in [7, 11) is 0. The van der Waals surface area contributed by atoms with Crippen LogP contribution in [-0.4, -0.2) is 47.6 Å². The fourth-order valence-electron chi connectivity index (χ4n) is 4.06. The van der Waals surface area contributed by atoms with E-state index in [1.807, 2.05) is 0 Å². The molecule has 4 aromatic rings. The van der Waals surface area contributed by atoms with Crippen molar-refractivity contribution in [2.45, 2.75) is 6.92 Å². The van der Waals surface area contributed by atoms with Crippen molar-refractivity contribution in [3.8, 4) is 22.3 Å². The third-order valence-electron chi connectivity index (χ3n) is 5.77. The number of aromatic nitrogens is 2. The largest absolute Gasteiger partial charge is 0.353 e. The molecule has 2 aromatic carbocycles. The highest BCUT2D eigenvalue weighted by Crippen LogP contribution is 2.38. The topological polar surface area (TPSA) is 32.3 Å². The second-order valence-corrected chi connectivity index (χ2v) is 8.25. The van der Waals surface area contributed by atoms with E-state index in [9.17, 15) is 0 Å². The first-order valence-corrected chi connectivity index (χ1v) is 11.1. The highest BCUT2D eigenvalue weighted by atomic mass is 32.1. The smallest absolute Gasteiger partial charge is 0.141 e. The van der Waals surface area contributed by atoms with Crippen LogP contribution in [-0.2, 0) is 0 Å². The number of rotatable bonds is 4. The van der Waals surface area contributed by atoms with E-state index in [1.54, 1.807) is 17.7 Å². The van der Waals surface area contributed by atoms with Crippen molar-refractivity contribution in [1.29, 1.82) is 0 Å². The summed E-state index contributed by atoms with van der Waals surface area (Å²) in [6.07, 6.45) is 1.71. The van der Waals surface area contributed by atoms with Crippen LogP contribution in [0.5, 0.6) is 0 Å². The molecule has 3 heterocycles. The third-order valence-corrected chi connectivity index (χ3v) is 6.66. The van der Waals surface area contributed by atoms with Crippen LogP contribution in [0.2, 0.25) is 0 Å². The minimum absolute atomic E-state index is 1.02. The van der Waals surface area contributed by atoms with Gasteiger partial charge in [-0.3, -0.25) is 0 Å². The van der Waals surface area contributed by atoms with E-state index in [2.05, 4.69) is 81.7 Å². The Morgan fingerprint density at radius 2 is 1.52 bits per heavy atom. The quantitative estimate of drug-likeness (QED) is 0.473. The average molecular weight is 401 g/mol. The van der Waals surface area contributed by atoms with E-state index in [1.165, 1.54) is 27.6 Å². The van der Waals surface area contributed by atoms with Gasteiger partial charge in [-0.2, -0.15) is 0 Å². The van der Waals surface area contributed by atoms with E-state index >= 15 is 0 Å². The number of hydrogen-bond acceptors (Lipinski definition) is 5. The second-order valence-electron chi connectivity index (χ2n) is 7.39. The molecule has 0 aliphatic carbocycles. The number of anilines is 1. The lowest BCUT2D eigenvalue weighted by atomic mass is 10.0. The number of likely N-dealkylation sites (N-methyl/N-ethyl adjacent to an activating group) is 1. The number of benzene rings is 2. The molecule has 0 amide bonds. The van der Waals surface area contributed by atoms with Crippen molar-refractivity contribution in [2.24, 2.45) is 0 Å². The number of fused-ring (bicyclic) bond motifs is 1. The third kappa shape index (κ3) is 3.52. The van der Waals surface area contributed by atoms with Crippen molar-refractivity contribution in [2.75, 3.05) is 37.6 Å². The van der Waals surface area contributed by atoms with Crippen LogP contribution in [0.3, 0.4) is 0 Å². The van der Waals surface area contributed by atoms with Gasteiger partial charge in [-0.25, -0.2) is 9.97 Å². The minimum Gasteiger partial charge on any atom is -0.353 e. The zero-order valence-electron chi connectivity index (χ0n) is 16.6. The normalized spacial score (nSPS) is 15.1. The van der Waals surface area contributed by atoms with E-state index in [0.29, 0.717) is 0 Å². The first kappa shape index (κ1) is 18.3. The Bertz CT molecular complexity index is 1100. The van der Waals surface area contributed by atoms with Gasteiger partial charge in [0.05, 0.1) is 5.39 Å². The number of thiophene rings is 1. The van der Waals surface area contributed by atoms with Crippen molar-refractivity contribution in [3.63, 3.8) is 0 Å². The zero-order chi connectivity index (χ0) is 19.6. The first-order chi connectivity index (χ1) is 14.3. The summed E-state index contributed by atoms with van der Waals surface area (Å²) < 4.78 is 0. The van der Waals surface area contributed by atoms with E-state index in [4.69, 9.17) is 4.98 Å². The van der Waals surface area contributed by atoms with Crippen molar-refractivity contribution >= 4 is 27.4 Å². The molecular weight excluding hydrogens is 376 g/mol. The Kier molecular flexibility index (Phi) is 5.00. The van der Waals surface area contributed by atoms with Gasteiger partial charge in [0, 0.05) is 37.1 Å².